The molecule has 0 saturated carbocycles. The van der Waals surface area contributed by atoms with Crippen LogP contribution in [0.4, 0.5) is 13.2 Å². The second-order valence-corrected chi connectivity index (χ2v) is 4.92. The number of carbonyl (C=O) groups is 1. The molecule has 0 radical (unpaired) electrons. The average molecular weight is 327 g/mol. The van der Waals surface area contributed by atoms with Crippen LogP contribution in [0.3, 0.4) is 0 Å². The number of halogens is 3. The molecule has 23 heavy (non-hydrogen) atoms. The molecule has 8 heteroatoms. The Morgan fingerprint density at radius 2 is 2.00 bits per heavy atom. The van der Waals surface area contributed by atoms with Gasteiger partial charge < -0.3 is 14.6 Å². The Hall–Kier alpha value is -2.51. The second-order valence-electron chi connectivity index (χ2n) is 4.92. The standard InChI is InChI=1S/C15H16F3N3O2/c1-21-9-8-19-13(21)10-20-14(22)7-4-11-2-5-12(6-3-11)23-15(16,17)18/h2-3,5-6,8-9H,4,7,10H2,1H3,(H,20,22). The van der Waals surface area contributed by atoms with Crippen molar-refractivity contribution in [2.24, 2.45) is 7.05 Å². The lowest BCUT2D eigenvalue weighted by Crippen LogP contribution is -2.24. The van der Waals surface area contributed by atoms with Gasteiger partial charge in [-0.1, -0.05) is 12.1 Å². The van der Waals surface area contributed by atoms with Gasteiger partial charge >= 0.3 is 6.36 Å². The monoisotopic (exact) mass is 327 g/mol. The summed E-state index contributed by atoms with van der Waals surface area (Å²) in [7, 11) is 1.83. The van der Waals surface area contributed by atoms with E-state index in [1.807, 2.05) is 7.05 Å². The minimum atomic E-state index is -4.70. The molecule has 1 amide bonds. The summed E-state index contributed by atoms with van der Waals surface area (Å²) < 4.78 is 41.7. The Kier molecular flexibility index (Phi) is 5.25. The molecule has 0 bridgehead atoms. The van der Waals surface area contributed by atoms with E-state index in [0.717, 1.165) is 11.4 Å². The van der Waals surface area contributed by atoms with Crippen molar-refractivity contribution < 1.29 is 22.7 Å². The van der Waals surface area contributed by atoms with Crippen LogP contribution in [-0.4, -0.2) is 21.8 Å². The highest BCUT2D eigenvalue weighted by Gasteiger charge is 2.30. The summed E-state index contributed by atoms with van der Waals surface area (Å²) >= 11 is 0. The summed E-state index contributed by atoms with van der Waals surface area (Å²) in [5.74, 6) is 0.316. The first-order valence-corrected chi connectivity index (χ1v) is 6.91. The van der Waals surface area contributed by atoms with Gasteiger partial charge in [-0.25, -0.2) is 4.98 Å². The van der Waals surface area contributed by atoms with Crippen molar-refractivity contribution >= 4 is 5.91 Å². The number of benzene rings is 1. The van der Waals surface area contributed by atoms with Gasteiger partial charge in [0, 0.05) is 25.9 Å². The Balaban J connectivity index is 1.77. The molecule has 0 atom stereocenters. The van der Waals surface area contributed by atoms with Gasteiger partial charge in [-0.2, -0.15) is 0 Å². The van der Waals surface area contributed by atoms with Crippen LogP contribution in [0.15, 0.2) is 36.7 Å². The molecule has 0 aliphatic heterocycles. The van der Waals surface area contributed by atoms with Crippen molar-refractivity contribution in [2.75, 3.05) is 0 Å². The second kappa shape index (κ2) is 7.17. The fraction of sp³-hybridized carbons (Fsp3) is 0.333. The van der Waals surface area contributed by atoms with Gasteiger partial charge in [0.1, 0.15) is 11.6 Å². The molecule has 1 aromatic carbocycles. The van der Waals surface area contributed by atoms with Crippen molar-refractivity contribution in [1.29, 1.82) is 0 Å². The molecule has 0 aliphatic carbocycles. The highest BCUT2D eigenvalue weighted by Crippen LogP contribution is 2.22. The molecule has 0 spiro atoms. The molecule has 0 saturated heterocycles. The van der Waals surface area contributed by atoms with Gasteiger partial charge in [-0.05, 0) is 24.1 Å². The number of ether oxygens (including phenoxy) is 1. The first kappa shape index (κ1) is 16.9. The average Bonchev–Trinajstić information content (AvgIpc) is 2.88. The van der Waals surface area contributed by atoms with Crippen LogP contribution in [0.2, 0.25) is 0 Å². The number of imidazole rings is 1. The van der Waals surface area contributed by atoms with E-state index in [4.69, 9.17) is 0 Å². The Morgan fingerprint density at radius 1 is 1.30 bits per heavy atom. The number of nitrogens with zero attached hydrogens (tertiary/aromatic N) is 2. The van der Waals surface area contributed by atoms with Crippen molar-refractivity contribution in [1.82, 2.24) is 14.9 Å². The molecule has 1 N–H and O–H groups in total. The third-order valence-electron chi connectivity index (χ3n) is 3.16. The molecule has 1 heterocycles. The Labute approximate surface area is 131 Å². The Bertz CT molecular complexity index is 651. The van der Waals surface area contributed by atoms with Crippen LogP contribution < -0.4 is 10.1 Å². The largest absolute Gasteiger partial charge is 0.573 e. The lowest BCUT2D eigenvalue weighted by molar-refractivity contribution is -0.274. The van der Waals surface area contributed by atoms with E-state index in [0.29, 0.717) is 13.0 Å². The van der Waals surface area contributed by atoms with Crippen LogP contribution in [0, 0.1) is 0 Å². The summed E-state index contributed by atoms with van der Waals surface area (Å²) in [6.07, 6.45) is -0.604. The molecule has 2 rings (SSSR count). The topological polar surface area (TPSA) is 56.2 Å². The van der Waals surface area contributed by atoms with E-state index < -0.39 is 6.36 Å². The lowest BCUT2D eigenvalue weighted by Gasteiger charge is -2.09. The van der Waals surface area contributed by atoms with Crippen LogP contribution in [-0.2, 0) is 24.8 Å². The third-order valence-corrected chi connectivity index (χ3v) is 3.16. The summed E-state index contributed by atoms with van der Waals surface area (Å²) in [5.41, 5.74) is 0.756. The number of amides is 1. The van der Waals surface area contributed by atoms with E-state index in [1.165, 1.54) is 24.3 Å². The molecule has 5 nitrogen and oxygen atoms in total. The predicted octanol–water partition coefficient (Wildman–Crippen LogP) is 2.57. The number of aryl methyl sites for hydroxylation is 2. The van der Waals surface area contributed by atoms with E-state index in [-0.39, 0.29) is 18.1 Å². The summed E-state index contributed by atoms with van der Waals surface area (Å²) in [4.78, 5) is 15.8. The number of hydrogen-bond donors (Lipinski definition) is 1. The predicted molar refractivity (Wildman–Crippen MR) is 76.5 cm³/mol. The molecule has 124 valence electrons. The summed E-state index contributed by atoms with van der Waals surface area (Å²) in [6.45, 7) is 0.334. The fourth-order valence-corrected chi connectivity index (χ4v) is 1.95. The molecule has 2 aromatic rings. The number of hydrogen-bond acceptors (Lipinski definition) is 3. The number of nitrogens with one attached hydrogen (secondary N) is 1. The summed E-state index contributed by atoms with van der Waals surface area (Å²) in [6, 6.07) is 5.48. The molecular weight excluding hydrogens is 311 g/mol. The number of aromatic nitrogens is 2. The molecule has 1 aromatic heterocycles. The number of carbonyl (C=O) groups excluding carboxylic acids is 1. The zero-order chi connectivity index (χ0) is 16.9. The quantitative estimate of drug-likeness (QED) is 0.887. The minimum absolute atomic E-state index is 0.149. The smallest absolute Gasteiger partial charge is 0.406 e. The molecule has 0 fully saturated rings. The Morgan fingerprint density at radius 3 is 2.57 bits per heavy atom. The van der Waals surface area contributed by atoms with Crippen LogP contribution in [0.25, 0.3) is 0 Å². The van der Waals surface area contributed by atoms with Crippen LogP contribution in [0.5, 0.6) is 5.75 Å². The normalized spacial score (nSPS) is 11.3. The van der Waals surface area contributed by atoms with E-state index in [9.17, 15) is 18.0 Å². The number of alkyl halides is 3. The molecule has 0 aliphatic rings. The van der Waals surface area contributed by atoms with Crippen molar-refractivity contribution in [3.63, 3.8) is 0 Å². The third kappa shape index (κ3) is 5.65. The highest BCUT2D eigenvalue weighted by atomic mass is 19.4. The van der Waals surface area contributed by atoms with E-state index in [1.54, 1.807) is 17.0 Å². The first-order chi connectivity index (χ1) is 10.8. The van der Waals surface area contributed by atoms with Crippen molar-refractivity contribution in [3.8, 4) is 5.75 Å². The van der Waals surface area contributed by atoms with Gasteiger partial charge in [0.05, 0.1) is 6.54 Å². The van der Waals surface area contributed by atoms with Gasteiger partial charge in [-0.3, -0.25) is 4.79 Å². The zero-order valence-electron chi connectivity index (χ0n) is 12.4. The van der Waals surface area contributed by atoms with Crippen LogP contribution >= 0.6 is 0 Å². The van der Waals surface area contributed by atoms with Gasteiger partial charge in [0.15, 0.2) is 0 Å². The maximum atomic E-state index is 12.0. The molecule has 0 unspecified atom stereocenters. The summed E-state index contributed by atoms with van der Waals surface area (Å²) in [5, 5.41) is 2.74. The van der Waals surface area contributed by atoms with Crippen LogP contribution in [0.1, 0.15) is 17.8 Å². The maximum absolute atomic E-state index is 12.0. The van der Waals surface area contributed by atoms with Gasteiger partial charge in [-0.15, -0.1) is 13.2 Å². The lowest BCUT2D eigenvalue weighted by atomic mass is 10.1. The first-order valence-electron chi connectivity index (χ1n) is 6.91. The fourth-order valence-electron chi connectivity index (χ4n) is 1.95. The maximum Gasteiger partial charge on any atom is 0.573 e. The van der Waals surface area contributed by atoms with Crippen molar-refractivity contribution in [2.45, 2.75) is 25.7 Å². The van der Waals surface area contributed by atoms with Gasteiger partial charge in [0.25, 0.3) is 0 Å². The minimum Gasteiger partial charge on any atom is -0.406 e. The van der Waals surface area contributed by atoms with Crippen molar-refractivity contribution in [3.05, 3.63) is 48.0 Å². The van der Waals surface area contributed by atoms with E-state index >= 15 is 0 Å². The number of rotatable bonds is 6. The molecular formula is C15H16F3N3O2. The van der Waals surface area contributed by atoms with E-state index in [2.05, 4.69) is 15.0 Å². The SMILES string of the molecule is Cn1ccnc1CNC(=O)CCc1ccc(OC(F)(F)F)cc1. The van der Waals surface area contributed by atoms with Gasteiger partial charge in [0.2, 0.25) is 5.91 Å². The zero-order valence-corrected chi connectivity index (χ0v) is 12.4. The highest BCUT2D eigenvalue weighted by molar-refractivity contribution is 5.76.